The van der Waals surface area contributed by atoms with Crippen LogP contribution in [0.2, 0.25) is 0 Å². The van der Waals surface area contributed by atoms with Crippen molar-refractivity contribution >= 4 is 22.3 Å². The maximum Gasteiger partial charge on any atom is 0.339 e. The van der Waals surface area contributed by atoms with Gasteiger partial charge in [0.25, 0.3) is 5.09 Å². The van der Waals surface area contributed by atoms with Gasteiger partial charge in [0.2, 0.25) is 5.96 Å². The number of rotatable bonds is 8. The van der Waals surface area contributed by atoms with E-state index in [1.54, 1.807) is 31.2 Å². The molecule has 5 N–H and O–H groups in total. The molecule has 0 aliphatic heterocycles. The summed E-state index contributed by atoms with van der Waals surface area (Å²) in [7, 11) is -3.96. The van der Waals surface area contributed by atoms with Gasteiger partial charge < -0.3 is 25.6 Å². The average Bonchev–Trinajstić information content (AvgIpc) is 2.65. The molecule has 32 heavy (non-hydrogen) atoms. The zero-order chi connectivity index (χ0) is 24.3. The third kappa shape index (κ3) is 9.75. The van der Waals surface area contributed by atoms with E-state index in [1.165, 1.54) is 12.3 Å². The molecule has 2 aromatic rings. The molecule has 12 nitrogen and oxygen atoms in total. The molecule has 0 bridgehead atoms. The first-order valence-corrected chi connectivity index (χ1v) is 10.5. The van der Waals surface area contributed by atoms with E-state index < -0.39 is 15.2 Å². The summed E-state index contributed by atoms with van der Waals surface area (Å²) in [4.78, 5) is 8.51. The monoisotopic (exact) mass is 467 g/mol. The maximum atomic E-state index is 12.7. The Hall–Kier alpha value is -3.87. The van der Waals surface area contributed by atoms with Crippen LogP contribution in [0.15, 0.2) is 51.5 Å². The highest BCUT2D eigenvalue weighted by Gasteiger charge is 2.20. The highest BCUT2D eigenvalue weighted by Crippen LogP contribution is 2.27. The predicted octanol–water partition coefficient (Wildman–Crippen LogP) is 2.06. The average molecular weight is 468 g/mol. The van der Waals surface area contributed by atoms with Crippen molar-refractivity contribution in [1.29, 1.82) is 0 Å². The van der Waals surface area contributed by atoms with Gasteiger partial charge in [0.15, 0.2) is 0 Å². The molecule has 0 amide bonds. The van der Waals surface area contributed by atoms with Crippen LogP contribution in [0, 0.1) is 30.9 Å². The van der Waals surface area contributed by atoms with E-state index in [0.717, 1.165) is 11.1 Å². The Morgan fingerprint density at radius 2 is 1.75 bits per heavy atom. The molecule has 0 fully saturated rings. The van der Waals surface area contributed by atoms with Crippen molar-refractivity contribution in [1.82, 2.24) is 0 Å². The van der Waals surface area contributed by atoms with Crippen molar-refractivity contribution < 1.29 is 27.6 Å². The van der Waals surface area contributed by atoms with Gasteiger partial charge in [-0.25, -0.2) is 0 Å². The van der Waals surface area contributed by atoms with Crippen molar-refractivity contribution in [3.05, 3.63) is 63.2 Å². The minimum atomic E-state index is -3.96. The molecule has 13 heteroatoms. The summed E-state index contributed by atoms with van der Waals surface area (Å²) < 4.78 is 36.3. The number of aryl methyl sites for hydroxylation is 3. The molecular weight excluding hydrogens is 442 g/mol. The van der Waals surface area contributed by atoms with Crippen LogP contribution in [-0.4, -0.2) is 37.5 Å². The van der Waals surface area contributed by atoms with Crippen molar-refractivity contribution in [3.8, 4) is 11.5 Å². The highest BCUT2D eigenvalue weighted by molar-refractivity contribution is 7.87. The quantitative estimate of drug-likeness (QED) is 0.130. The van der Waals surface area contributed by atoms with Gasteiger partial charge in [-0.1, -0.05) is 12.1 Å². The molecule has 0 atom stereocenters. The first-order valence-electron chi connectivity index (χ1n) is 9.10. The third-order valence-corrected chi connectivity index (χ3v) is 5.00. The Morgan fingerprint density at radius 3 is 2.38 bits per heavy atom. The Bertz CT molecular complexity index is 1090. The van der Waals surface area contributed by atoms with Gasteiger partial charge in [0.05, 0.1) is 6.61 Å². The molecule has 0 saturated carbocycles. The van der Waals surface area contributed by atoms with Crippen molar-refractivity contribution in [3.63, 3.8) is 0 Å². The Morgan fingerprint density at radius 1 is 1.12 bits per heavy atom. The standard InChI is InChI=1S/C19H24N4O4S.HNO3/c1-13-5-6-15(3)18(11-13)28(24,25)27-17-10-14(2)9-16(12-17)26-8-4-7-22-23-19(20)21;2-1(3)4/h5-7,9-12H,4,8H2,1-3H3,(H4,20,21,23);(H,2,3,4). The molecule has 0 heterocycles. The largest absolute Gasteiger partial charge is 0.493 e. The first-order chi connectivity index (χ1) is 14.9. The zero-order valence-corrected chi connectivity index (χ0v) is 18.6. The second-order valence-electron chi connectivity index (χ2n) is 6.49. The number of ether oxygens (including phenoxy) is 1. The van der Waals surface area contributed by atoms with Gasteiger partial charge in [-0.05, 0) is 55.7 Å². The minimum absolute atomic E-state index is 0.123. The summed E-state index contributed by atoms with van der Waals surface area (Å²) in [6.45, 7) is 5.69. The molecule has 2 aromatic carbocycles. The minimum Gasteiger partial charge on any atom is -0.493 e. The summed E-state index contributed by atoms with van der Waals surface area (Å²) in [5.41, 5.74) is 12.6. The topological polar surface area (TPSA) is 193 Å². The summed E-state index contributed by atoms with van der Waals surface area (Å²) in [5, 5.41) is 20.8. The van der Waals surface area contributed by atoms with Gasteiger partial charge in [0.1, 0.15) is 16.4 Å². The molecule has 0 aromatic heterocycles. The van der Waals surface area contributed by atoms with Gasteiger partial charge in [0, 0.05) is 18.7 Å². The van der Waals surface area contributed by atoms with Gasteiger partial charge >= 0.3 is 10.1 Å². The van der Waals surface area contributed by atoms with E-state index in [0.29, 0.717) is 24.3 Å². The lowest BCUT2D eigenvalue weighted by molar-refractivity contribution is -0.742. The van der Waals surface area contributed by atoms with Crippen LogP contribution in [0.25, 0.3) is 0 Å². The number of hydrogen-bond acceptors (Lipinski definition) is 8. The van der Waals surface area contributed by atoms with E-state index in [1.807, 2.05) is 19.9 Å². The Labute approximate surface area is 185 Å². The second kappa shape index (κ2) is 12.1. The normalized spacial score (nSPS) is 10.7. The number of nitrogens with zero attached hydrogens (tertiary/aromatic N) is 3. The summed E-state index contributed by atoms with van der Waals surface area (Å²) in [5.74, 6) is 0.550. The first kappa shape index (κ1) is 26.2. The molecule has 0 saturated heterocycles. The van der Waals surface area contributed by atoms with Gasteiger partial charge in [-0.15, -0.1) is 15.2 Å². The van der Waals surface area contributed by atoms with Crippen LogP contribution in [0.1, 0.15) is 23.1 Å². The number of hydrogen-bond donors (Lipinski definition) is 3. The fraction of sp³-hybridized carbons (Fsp3) is 0.263. The van der Waals surface area contributed by atoms with Gasteiger partial charge in [-0.2, -0.15) is 13.5 Å². The van der Waals surface area contributed by atoms with Crippen molar-refractivity contribution in [2.24, 2.45) is 21.7 Å². The number of benzene rings is 2. The zero-order valence-electron chi connectivity index (χ0n) is 17.8. The van der Waals surface area contributed by atoms with Gasteiger partial charge in [-0.3, -0.25) is 0 Å². The van der Waals surface area contributed by atoms with E-state index in [4.69, 9.17) is 35.7 Å². The molecule has 0 aliphatic carbocycles. The number of nitrogens with two attached hydrogens (primary N) is 2. The molecule has 0 spiro atoms. The predicted molar refractivity (Wildman–Crippen MR) is 118 cm³/mol. The highest BCUT2D eigenvalue weighted by atomic mass is 32.2. The third-order valence-electron chi connectivity index (χ3n) is 3.61. The Balaban J connectivity index is 0.00000118. The van der Waals surface area contributed by atoms with Crippen molar-refractivity contribution in [2.75, 3.05) is 6.61 Å². The van der Waals surface area contributed by atoms with Crippen LogP contribution in [0.5, 0.6) is 11.5 Å². The summed E-state index contributed by atoms with van der Waals surface area (Å²) in [6, 6.07) is 10.1. The van der Waals surface area contributed by atoms with E-state index in [9.17, 15) is 8.42 Å². The lowest BCUT2D eigenvalue weighted by Crippen LogP contribution is -2.21. The molecule has 0 radical (unpaired) electrons. The van der Waals surface area contributed by atoms with E-state index in [-0.39, 0.29) is 16.6 Å². The molecule has 174 valence electrons. The maximum absolute atomic E-state index is 12.7. The fourth-order valence-corrected chi connectivity index (χ4v) is 3.62. The van der Waals surface area contributed by atoms with Crippen LogP contribution < -0.4 is 20.4 Å². The van der Waals surface area contributed by atoms with Crippen LogP contribution >= 0.6 is 0 Å². The molecular formula is C19H25N5O7S. The van der Waals surface area contributed by atoms with E-state index in [2.05, 4.69) is 10.2 Å². The molecule has 0 aliphatic rings. The molecule has 0 unspecified atom stereocenters. The van der Waals surface area contributed by atoms with E-state index >= 15 is 0 Å². The smallest absolute Gasteiger partial charge is 0.339 e. The van der Waals surface area contributed by atoms with Crippen molar-refractivity contribution in [2.45, 2.75) is 32.1 Å². The fourth-order valence-electron chi connectivity index (χ4n) is 2.39. The number of guanidine groups is 1. The van der Waals surface area contributed by atoms with Crippen LogP contribution in [0.4, 0.5) is 0 Å². The lowest BCUT2D eigenvalue weighted by Gasteiger charge is -2.12. The second-order valence-corrected chi connectivity index (χ2v) is 8.00. The van der Waals surface area contributed by atoms with Crippen LogP contribution in [0.3, 0.4) is 0 Å². The Kier molecular flexibility index (Phi) is 9.89. The molecule has 2 rings (SSSR count). The lowest BCUT2D eigenvalue weighted by atomic mass is 10.2. The van der Waals surface area contributed by atoms with Crippen LogP contribution in [-0.2, 0) is 10.1 Å². The SMILES string of the molecule is Cc1cc(OCCC=NN=C(N)N)cc(OS(=O)(=O)c2cc(C)ccc2C)c1.O=[N+]([O-])O. The summed E-state index contributed by atoms with van der Waals surface area (Å²) >= 11 is 0. The summed E-state index contributed by atoms with van der Waals surface area (Å²) in [6.07, 6.45) is 1.99.